The highest BCUT2D eigenvalue weighted by molar-refractivity contribution is 5.95. The summed E-state index contributed by atoms with van der Waals surface area (Å²) in [6.07, 6.45) is -2.95. The van der Waals surface area contributed by atoms with Gasteiger partial charge in [0.2, 0.25) is 0 Å². The third kappa shape index (κ3) is 5.02. The van der Waals surface area contributed by atoms with E-state index < -0.39 is 29.1 Å². The van der Waals surface area contributed by atoms with Crippen LogP contribution >= 0.6 is 0 Å². The molecule has 0 spiro atoms. The Labute approximate surface area is 197 Å². The summed E-state index contributed by atoms with van der Waals surface area (Å²) >= 11 is 0. The number of rotatable bonds is 5. The molecule has 0 bridgehead atoms. The molecule has 35 heavy (non-hydrogen) atoms. The maximum atomic E-state index is 13.2. The van der Waals surface area contributed by atoms with Gasteiger partial charge in [0.25, 0.3) is 17.4 Å². The van der Waals surface area contributed by atoms with E-state index in [0.29, 0.717) is 11.2 Å². The van der Waals surface area contributed by atoms with E-state index in [1.807, 2.05) is 0 Å². The van der Waals surface area contributed by atoms with Crippen molar-refractivity contribution in [3.05, 3.63) is 69.8 Å². The summed E-state index contributed by atoms with van der Waals surface area (Å²) in [5, 5.41) is 0. The topological polar surface area (TPSA) is 97.6 Å². The summed E-state index contributed by atoms with van der Waals surface area (Å²) in [7, 11) is 1.50. The van der Waals surface area contributed by atoms with Gasteiger partial charge in [-0.25, -0.2) is 9.97 Å². The van der Waals surface area contributed by atoms with E-state index in [0.717, 1.165) is 24.3 Å². The minimum absolute atomic E-state index is 0.127. The number of ether oxygens (including phenoxy) is 1. The fraction of sp³-hybridized carbons (Fsp3) is 0.348. The summed E-state index contributed by atoms with van der Waals surface area (Å²) < 4.78 is 44.7. The third-order valence-corrected chi connectivity index (χ3v) is 5.74. The number of alkyl halides is 3. The number of methoxy groups -OCH3 is 1. The number of hydrogen-bond acceptors (Lipinski definition) is 6. The maximum absolute atomic E-state index is 13.2. The molecule has 0 aliphatic carbocycles. The van der Waals surface area contributed by atoms with E-state index in [1.54, 1.807) is 12.1 Å². The quantitative estimate of drug-likeness (QED) is 0.544. The highest BCUT2D eigenvalue weighted by atomic mass is 19.4. The summed E-state index contributed by atoms with van der Waals surface area (Å²) in [6.45, 7) is 1.07. The first kappa shape index (κ1) is 24.3. The molecule has 4 rings (SSSR count). The van der Waals surface area contributed by atoms with Crippen molar-refractivity contribution in [1.29, 1.82) is 0 Å². The van der Waals surface area contributed by atoms with Crippen molar-refractivity contribution in [3.8, 4) is 0 Å². The molecule has 0 unspecified atom stereocenters. The number of halogens is 3. The van der Waals surface area contributed by atoms with E-state index in [9.17, 15) is 27.6 Å². The Morgan fingerprint density at radius 3 is 2.23 bits per heavy atom. The Morgan fingerprint density at radius 2 is 1.63 bits per heavy atom. The van der Waals surface area contributed by atoms with Crippen LogP contribution in [0.3, 0.4) is 0 Å². The first-order chi connectivity index (χ1) is 16.7. The predicted molar refractivity (Wildman–Crippen MR) is 119 cm³/mol. The monoisotopic (exact) mass is 489 g/mol. The van der Waals surface area contributed by atoms with Crippen LogP contribution in [0.15, 0.2) is 47.4 Å². The van der Waals surface area contributed by atoms with Crippen molar-refractivity contribution < 1.29 is 27.5 Å². The lowest BCUT2D eigenvalue weighted by Gasteiger charge is -2.34. The van der Waals surface area contributed by atoms with Gasteiger partial charge in [-0.15, -0.1) is 0 Å². The highest BCUT2D eigenvalue weighted by Gasteiger charge is 2.31. The number of hydrogen-bond donors (Lipinski definition) is 0. The zero-order valence-electron chi connectivity index (χ0n) is 18.8. The lowest BCUT2D eigenvalue weighted by atomic mass is 10.1. The van der Waals surface area contributed by atoms with Gasteiger partial charge in [0.1, 0.15) is 5.52 Å². The van der Waals surface area contributed by atoms with Gasteiger partial charge in [-0.1, -0.05) is 0 Å². The highest BCUT2D eigenvalue weighted by Crippen LogP contribution is 2.29. The molecule has 0 atom stereocenters. The zero-order valence-corrected chi connectivity index (χ0v) is 18.8. The van der Waals surface area contributed by atoms with E-state index in [2.05, 4.69) is 9.97 Å². The smallest absolute Gasteiger partial charge is 0.383 e. The Morgan fingerprint density at radius 1 is 1.00 bits per heavy atom. The van der Waals surface area contributed by atoms with Crippen LogP contribution in [0, 0.1) is 0 Å². The maximum Gasteiger partial charge on any atom is 0.416 e. The van der Waals surface area contributed by atoms with Crippen LogP contribution in [-0.2, 0) is 17.5 Å². The lowest BCUT2D eigenvalue weighted by Crippen LogP contribution is -2.51. The zero-order chi connectivity index (χ0) is 25.2. The Bertz CT molecular complexity index is 1300. The van der Waals surface area contributed by atoms with E-state index >= 15 is 0 Å². The Balaban J connectivity index is 1.49. The molecule has 1 fully saturated rings. The van der Waals surface area contributed by atoms with Crippen LogP contribution in [0.25, 0.3) is 11.2 Å². The molecule has 2 amide bonds. The van der Waals surface area contributed by atoms with Crippen molar-refractivity contribution in [1.82, 2.24) is 24.3 Å². The second-order valence-corrected chi connectivity index (χ2v) is 7.92. The van der Waals surface area contributed by atoms with Crippen molar-refractivity contribution >= 4 is 23.0 Å². The average molecular weight is 489 g/mol. The van der Waals surface area contributed by atoms with E-state index in [-0.39, 0.29) is 50.6 Å². The van der Waals surface area contributed by atoms with Crippen molar-refractivity contribution in [2.75, 3.05) is 39.9 Å². The minimum atomic E-state index is -4.48. The number of carbonyl (C=O) groups excluding carboxylic acids is 2. The van der Waals surface area contributed by atoms with Gasteiger partial charge in [-0.3, -0.25) is 19.0 Å². The molecule has 1 saturated heterocycles. The Hall–Kier alpha value is -3.80. The van der Waals surface area contributed by atoms with Gasteiger partial charge in [0.05, 0.1) is 18.7 Å². The molecule has 3 aromatic rings. The lowest BCUT2D eigenvalue weighted by molar-refractivity contribution is -0.137. The molecule has 1 aromatic carbocycles. The summed E-state index contributed by atoms with van der Waals surface area (Å²) in [4.78, 5) is 50.2. The van der Waals surface area contributed by atoms with Crippen LogP contribution in [0.1, 0.15) is 26.4 Å². The number of aromatic nitrogens is 3. The van der Waals surface area contributed by atoms with Gasteiger partial charge in [-0.2, -0.15) is 13.2 Å². The van der Waals surface area contributed by atoms with Gasteiger partial charge < -0.3 is 14.5 Å². The number of benzene rings is 1. The van der Waals surface area contributed by atoms with Crippen LogP contribution in [0.2, 0.25) is 0 Å². The molecule has 2 aromatic heterocycles. The van der Waals surface area contributed by atoms with E-state index in [4.69, 9.17) is 4.74 Å². The fourth-order valence-electron chi connectivity index (χ4n) is 3.85. The van der Waals surface area contributed by atoms with Gasteiger partial charge >= 0.3 is 6.18 Å². The van der Waals surface area contributed by atoms with E-state index in [1.165, 1.54) is 27.7 Å². The standard InChI is InChI=1S/C23H22F3N5O4/c1-35-14-13-31-19-17(3-2-8-27-19)28-18(22(31)34)21(33)30-11-9-29(10-12-30)20(32)15-4-6-16(7-5-15)23(24,25)26/h2-8H,9-14H2,1H3. The summed E-state index contributed by atoms with van der Waals surface area (Å²) in [5.41, 5.74) is -0.799. The van der Waals surface area contributed by atoms with Gasteiger partial charge in [0, 0.05) is 45.0 Å². The molecule has 1 aliphatic heterocycles. The van der Waals surface area contributed by atoms with Gasteiger partial charge in [0.15, 0.2) is 11.3 Å². The molecule has 0 radical (unpaired) electrons. The number of fused-ring (bicyclic) bond motifs is 1. The second kappa shape index (κ2) is 9.82. The van der Waals surface area contributed by atoms with Crippen LogP contribution in [0.5, 0.6) is 0 Å². The number of pyridine rings is 1. The molecule has 1 aliphatic rings. The van der Waals surface area contributed by atoms with Gasteiger partial charge in [-0.05, 0) is 36.4 Å². The largest absolute Gasteiger partial charge is 0.416 e. The van der Waals surface area contributed by atoms with Crippen molar-refractivity contribution in [3.63, 3.8) is 0 Å². The fourth-order valence-corrected chi connectivity index (χ4v) is 3.85. The minimum Gasteiger partial charge on any atom is -0.383 e. The first-order valence-corrected chi connectivity index (χ1v) is 10.8. The number of piperazine rings is 1. The van der Waals surface area contributed by atoms with Crippen LogP contribution in [-0.4, -0.2) is 76.0 Å². The van der Waals surface area contributed by atoms with Crippen molar-refractivity contribution in [2.24, 2.45) is 0 Å². The molecule has 0 N–H and O–H groups in total. The second-order valence-electron chi connectivity index (χ2n) is 7.92. The summed E-state index contributed by atoms with van der Waals surface area (Å²) in [6, 6.07) is 7.31. The average Bonchev–Trinajstić information content (AvgIpc) is 2.86. The third-order valence-electron chi connectivity index (χ3n) is 5.74. The number of nitrogens with zero attached hydrogens (tertiary/aromatic N) is 5. The number of carbonyl (C=O) groups is 2. The SMILES string of the molecule is COCCn1c(=O)c(C(=O)N2CCN(C(=O)c3ccc(C(F)(F)F)cc3)CC2)nc2cccnc21. The molecule has 0 saturated carbocycles. The number of amides is 2. The first-order valence-electron chi connectivity index (χ1n) is 10.8. The molecular formula is C23H22F3N5O4. The molecule has 12 heteroatoms. The summed E-state index contributed by atoms with van der Waals surface area (Å²) in [5.74, 6) is -0.990. The molecule has 3 heterocycles. The van der Waals surface area contributed by atoms with Crippen LogP contribution < -0.4 is 5.56 Å². The van der Waals surface area contributed by atoms with Crippen LogP contribution in [0.4, 0.5) is 13.2 Å². The Kier molecular flexibility index (Phi) is 6.83. The normalized spacial score (nSPS) is 14.4. The predicted octanol–water partition coefficient (Wildman–Crippen LogP) is 2.05. The molecule has 184 valence electrons. The molecular weight excluding hydrogens is 467 g/mol. The molecule has 9 nitrogen and oxygen atoms in total. The van der Waals surface area contributed by atoms with Crippen molar-refractivity contribution in [2.45, 2.75) is 12.7 Å².